The van der Waals surface area contributed by atoms with Crippen molar-refractivity contribution in [3.05, 3.63) is 64.2 Å². The fraction of sp³-hybridized carbons (Fsp3) is 0. The van der Waals surface area contributed by atoms with Crippen molar-refractivity contribution in [3.8, 4) is 5.75 Å². The number of aromatic hydroxyl groups is 1. The molecule has 0 saturated heterocycles. The zero-order chi connectivity index (χ0) is 17.5. The summed E-state index contributed by atoms with van der Waals surface area (Å²) in [4.78, 5) is 33.2. The maximum absolute atomic E-state index is 11.7. The van der Waals surface area contributed by atoms with Gasteiger partial charge in [0.05, 0.1) is 11.1 Å². The van der Waals surface area contributed by atoms with Gasteiger partial charge in [-0.15, -0.1) is 0 Å². The number of hydrogen-bond donors (Lipinski definition) is 3. The van der Waals surface area contributed by atoms with Crippen LogP contribution in [0.25, 0.3) is 0 Å². The molecule has 0 aromatic heterocycles. The third kappa shape index (κ3) is 4.63. The number of rotatable bonds is 4. The second kappa shape index (κ2) is 7.49. The number of nitro benzene ring substituents is 1. The second-order valence-corrected chi connectivity index (χ2v) is 4.55. The average molecular weight is 328 g/mol. The Labute approximate surface area is 135 Å². The summed E-state index contributed by atoms with van der Waals surface area (Å²) >= 11 is 0. The number of nitro groups is 1. The summed E-state index contributed by atoms with van der Waals surface area (Å²) in [6, 6.07) is 11.1. The number of hydrazone groups is 1. The number of nitrogens with one attached hydrogen (secondary N) is 2. The van der Waals surface area contributed by atoms with Crippen LogP contribution in [0.3, 0.4) is 0 Å². The van der Waals surface area contributed by atoms with E-state index in [-0.39, 0.29) is 17.1 Å². The van der Waals surface area contributed by atoms with Crippen LogP contribution in [0.4, 0.5) is 11.4 Å². The van der Waals surface area contributed by atoms with Gasteiger partial charge in [0, 0.05) is 17.8 Å². The van der Waals surface area contributed by atoms with Crippen LogP contribution < -0.4 is 10.7 Å². The van der Waals surface area contributed by atoms with Gasteiger partial charge >= 0.3 is 11.8 Å². The molecule has 2 aromatic carbocycles. The SMILES string of the molecule is O=C(N/N=C\c1ccc(O)cc1)C(=O)Nc1ccc([N+](=O)[O-])cc1. The lowest BCUT2D eigenvalue weighted by Crippen LogP contribution is -2.32. The lowest BCUT2D eigenvalue weighted by Gasteiger charge is -2.03. The zero-order valence-electron chi connectivity index (χ0n) is 12.2. The molecule has 0 aliphatic carbocycles. The molecule has 0 atom stereocenters. The van der Waals surface area contributed by atoms with E-state index < -0.39 is 16.7 Å². The van der Waals surface area contributed by atoms with Gasteiger partial charge in [0.25, 0.3) is 5.69 Å². The third-order valence-electron chi connectivity index (χ3n) is 2.82. The fourth-order valence-electron chi connectivity index (χ4n) is 1.63. The molecule has 2 amide bonds. The molecule has 0 bridgehead atoms. The number of phenolic OH excluding ortho intramolecular Hbond substituents is 1. The Balaban J connectivity index is 1.88. The van der Waals surface area contributed by atoms with Crippen molar-refractivity contribution in [2.24, 2.45) is 5.10 Å². The van der Waals surface area contributed by atoms with Crippen LogP contribution in [-0.2, 0) is 9.59 Å². The van der Waals surface area contributed by atoms with Gasteiger partial charge in [-0.2, -0.15) is 5.10 Å². The number of benzene rings is 2. The minimum Gasteiger partial charge on any atom is -0.508 e. The number of anilines is 1. The number of phenols is 1. The lowest BCUT2D eigenvalue weighted by molar-refractivity contribution is -0.384. The molecule has 2 rings (SSSR count). The molecule has 3 N–H and O–H groups in total. The van der Waals surface area contributed by atoms with Gasteiger partial charge in [-0.3, -0.25) is 19.7 Å². The smallest absolute Gasteiger partial charge is 0.329 e. The Morgan fingerprint density at radius 1 is 1.04 bits per heavy atom. The first-order chi connectivity index (χ1) is 11.5. The number of nitrogens with zero attached hydrogens (tertiary/aromatic N) is 2. The molecule has 0 fully saturated rings. The molecule has 0 unspecified atom stereocenters. The highest BCUT2D eigenvalue weighted by Crippen LogP contribution is 2.15. The molecule has 9 heteroatoms. The zero-order valence-corrected chi connectivity index (χ0v) is 12.2. The number of amides is 2. The van der Waals surface area contributed by atoms with Crippen molar-refractivity contribution in [1.29, 1.82) is 0 Å². The maximum atomic E-state index is 11.7. The monoisotopic (exact) mass is 328 g/mol. The van der Waals surface area contributed by atoms with E-state index in [2.05, 4.69) is 10.4 Å². The molecule has 0 heterocycles. The predicted octanol–water partition coefficient (Wildman–Crippen LogP) is 1.39. The first kappa shape index (κ1) is 16.6. The van der Waals surface area contributed by atoms with Gasteiger partial charge in [-0.1, -0.05) is 0 Å². The first-order valence-corrected chi connectivity index (χ1v) is 6.63. The van der Waals surface area contributed by atoms with Crippen LogP contribution in [0, 0.1) is 10.1 Å². The van der Waals surface area contributed by atoms with Crippen LogP contribution in [0.15, 0.2) is 53.6 Å². The molecule has 24 heavy (non-hydrogen) atoms. The van der Waals surface area contributed by atoms with Crippen molar-refractivity contribution < 1.29 is 19.6 Å². The van der Waals surface area contributed by atoms with E-state index in [1.165, 1.54) is 42.6 Å². The lowest BCUT2D eigenvalue weighted by atomic mass is 10.2. The Morgan fingerprint density at radius 2 is 1.67 bits per heavy atom. The summed E-state index contributed by atoms with van der Waals surface area (Å²) in [6.07, 6.45) is 1.30. The molecule has 9 nitrogen and oxygen atoms in total. The van der Waals surface area contributed by atoms with E-state index in [0.29, 0.717) is 5.56 Å². The van der Waals surface area contributed by atoms with Gasteiger partial charge in [0.2, 0.25) is 0 Å². The van der Waals surface area contributed by atoms with Crippen molar-refractivity contribution in [2.75, 3.05) is 5.32 Å². The molecule has 0 spiro atoms. The molecule has 0 aliphatic heterocycles. The molecule has 2 aromatic rings. The van der Waals surface area contributed by atoms with Crippen molar-refractivity contribution >= 4 is 29.4 Å². The number of hydrogen-bond acceptors (Lipinski definition) is 6. The van der Waals surface area contributed by atoms with Crippen LogP contribution in [0.2, 0.25) is 0 Å². The maximum Gasteiger partial charge on any atom is 0.329 e. The number of carbonyl (C=O) groups is 2. The van der Waals surface area contributed by atoms with Crippen LogP contribution in [0.5, 0.6) is 5.75 Å². The predicted molar refractivity (Wildman–Crippen MR) is 85.6 cm³/mol. The summed E-state index contributed by atoms with van der Waals surface area (Å²) in [7, 11) is 0. The molecular weight excluding hydrogens is 316 g/mol. The molecular formula is C15H12N4O5. The Hall–Kier alpha value is -3.75. The molecule has 122 valence electrons. The van der Waals surface area contributed by atoms with Crippen molar-refractivity contribution in [2.45, 2.75) is 0 Å². The summed E-state index contributed by atoms with van der Waals surface area (Å²) in [6.45, 7) is 0. The summed E-state index contributed by atoms with van der Waals surface area (Å²) in [5, 5.41) is 25.5. The summed E-state index contributed by atoms with van der Waals surface area (Å²) < 4.78 is 0. The second-order valence-electron chi connectivity index (χ2n) is 4.55. The Bertz CT molecular complexity index is 785. The normalized spacial score (nSPS) is 10.3. The fourth-order valence-corrected chi connectivity index (χ4v) is 1.63. The van der Waals surface area contributed by atoms with E-state index in [4.69, 9.17) is 5.11 Å². The van der Waals surface area contributed by atoms with E-state index in [0.717, 1.165) is 0 Å². The van der Waals surface area contributed by atoms with Gasteiger partial charge in [0.1, 0.15) is 5.75 Å². The van der Waals surface area contributed by atoms with Gasteiger partial charge < -0.3 is 10.4 Å². The topological polar surface area (TPSA) is 134 Å². The van der Waals surface area contributed by atoms with E-state index in [9.17, 15) is 19.7 Å². The minimum atomic E-state index is -0.997. The van der Waals surface area contributed by atoms with Crippen molar-refractivity contribution in [3.63, 3.8) is 0 Å². The van der Waals surface area contributed by atoms with Crippen molar-refractivity contribution in [1.82, 2.24) is 5.43 Å². The molecule has 0 radical (unpaired) electrons. The highest BCUT2D eigenvalue weighted by molar-refractivity contribution is 6.39. The number of non-ortho nitro benzene ring substituents is 1. The van der Waals surface area contributed by atoms with E-state index in [1.807, 2.05) is 5.43 Å². The number of carbonyl (C=O) groups excluding carboxylic acids is 2. The standard InChI is InChI=1S/C15H12N4O5/c20-13-7-1-10(2-8-13)9-16-18-15(22)14(21)17-11-3-5-12(6-4-11)19(23)24/h1-9,20H,(H,17,21)(H,18,22)/b16-9-. The van der Waals surface area contributed by atoms with E-state index >= 15 is 0 Å². The summed E-state index contributed by atoms with van der Waals surface area (Å²) in [5.41, 5.74) is 2.77. The Kier molecular flexibility index (Phi) is 5.19. The highest BCUT2D eigenvalue weighted by Gasteiger charge is 2.13. The van der Waals surface area contributed by atoms with Crippen LogP contribution in [-0.4, -0.2) is 28.1 Å². The third-order valence-corrected chi connectivity index (χ3v) is 2.82. The Morgan fingerprint density at radius 3 is 2.25 bits per heavy atom. The highest BCUT2D eigenvalue weighted by atomic mass is 16.6. The van der Waals surface area contributed by atoms with Crippen LogP contribution >= 0.6 is 0 Å². The summed E-state index contributed by atoms with van der Waals surface area (Å²) in [5.74, 6) is -1.87. The van der Waals surface area contributed by atoms with Gasteiger partial charge in [0.15, 0.2) is 0 Å². The minimum absolute atomic E-state index is 0.0960. The average Bonchev–Trinajstić information content (AvgIpc) is 2.57. The first-order valence-electron chi connectivity index (χ1n) is 6.63. The van der Waals surface area contributed by atoms with Gasteiger partial charge in [-0.25, -0.2) is 5.43 Å². The largest absolute Gasteiger partial charge is 0.508 e. The van der Waals surface area contributed by atoms with Gasteiger partial charge in [-0.05, 0) is 42.0 Å². The van der Waals surface area contributed by atoms with E-state index in [1.54, 1.807) is 12.1 Å². The van der Waals surface area contributed by atoms with Crippen LogP contribution in [0.1, 0.15) is 5.56 Å². The molecule has 0 saturated carbocycles. The molecule has 0 aliphatic rings. The quantitative estimate of drug-likeness (QED) is 0.337.